The molecule has 0 unspecified atom stereocenters. The fourth-order valence-corrected chi connectivity index (χ4v) is 1.81. The van der Waals surface area contributed by atoms with Gasteiger partial charge in [0.1, 0.15) is 11.8 Å². The maximum atomic E-state index is 8.95. The molecule has 0 amide bonds. The van der Waals surface area contributed by atoms with E-state index in [-0.39, 0.29) is 0 Å². The Balaban J connectivity index is 2.55. The minimum absolute atomic E-state index is 0.297. The molecular weight excluding hydrogens is 226 g/mol. The SMILES string of the molecule is COc1cccc(-n2nc(C#N)cc2C(C)C)c1. The smallest absolute Gasteiger partial charge is 0.163 e. The van der Waals surface area contributed by atoms with Gasteiger partial charge < -0.3 is 4.74 Å². The first-order valence-corrected chi connectivity index (χ1v) is 5.80. The summed E-state index contributed by atoms with van der Waals surface area (Å²) in [5, 5.41) is 13.2. The van der Waals surface area contributed by atoms with Crippen molar-refractivity contribution < 1.29 is 4.74 Å². The lowest BCUT2D eigenvalue weighted by molar-refractivity contribution is 0.414. The number of nitrogens with zero attached hydrogens (tertiary/aromatic N) is 3. The second-order valence-electron chi connectivity index (χ2n) is 4.33. The van der Waals surface area contributed by atoms with Gasteiger partial charge in [0.2, 0.25) is 0 Å². The van der Waals surface area contributed by atoms with E-state index in [0.29, 0.717) is 11.6 Å². The Morgan fingerprint density at radius 3 is 2.72 bits per heavy atom. The molecule has 18 heavy (non-hydrogen) atoms. The van der Waals surface area contributed by atoms with Crippen LogP contribution >= 0.6 is 0 Å². The van der Waals surface area contributed by atoms with Crippen LogP contribution in [0.5, 0.6) is 5.75 Å². The fraction of sp³-hybridized carbons (Fsp3) is 0.286. The van der Waals surface area contributed by atoms with E-state index in [4.69, 9.17) is 10.00 Å². The molecule has 0 N–H and O–H groups in total. The molecule has 0 fully saturated rings. The van der Waals surface area contributed by atoms with Crippen LogP contribution in [0.25, 0.3) is 5.69 Å². The van der Waals surface area contributed by atoms with Crippen molar-refractivity contribution in [3.8, 4) is 17.5 Å². The zero-order chi connectivity index (χ0) is 13.1. The molecule has 1 heterocycles. The number of nitriles is 1. The first-order chi connectivity index (χ1) is 8.65. The third-order valence-electron chi connectivity index (χ3n) is 2.74. The molecule has 0 spiro atoms. The van der Waals surface area contributed by atoms with E-state index in [2.05, 4.69) is 25.0 Å². The van der Waals surface area contributed by atoms with Crippen molar-refractivity contribution in [2.75, 3.05) is 7.11 Å². The molecular formula is C14H15N3O. The maximum Gasteiger partial charge on any atom is 0.163 e. The summed E-state index contributed by atoms with van der Waals surface area (Å²) in [6, 6.07) is 11.5. The Morgan fingerprint density at radius 1 is 1.33 bits per heavy atom. The maximum absolute atomic E-state index is 8.95. The topological polar surface area (TPSA) is 50.8 Å². The van der Waals surface area contributed by atoms with Crippen LogP contribution in [0.2, 0.25) is 0 Å². The van der Waals surface area contributed by atoms with Crippen LogP contribution in [0.15, 0.2) is 30.3 Å². The molecule has 2 aromatic rings. The van der Waals surface area contributed by atoms with E-state index in [1.165, 1.54) is 0 Å². The molecule has 0 bridgehead atoms. The van der Waals surface area contributed by atoms with Crippen molar-refractivity contribution in [3.05, 3.63) is 41.7 Å². The van der Waals surface area contributed by atoms with Gasteiger partial charge in [-0.2, -0.15) is 10.4 Å². The van der Waals surface area contributed by atoms with Crippen LogP contribution in [-0.4, -0.2) is 16.9 Å². The molecule has 0 aliphatic heterocycles. The summed E-state index contributed by atoms with van der Waals surface area (Å²) in [5.74, 6) is 1.07. The van der Waals surface area contributed by atoms with Gasteiger partial charge in [-0.3, -0.25) is 0 Å². The van der Waals surface area contributed by atoms with Gasteiger partial charge in [-0.25, -0.2) is 4.68 Å². The van der Waals surface area contributed by atoms with Gasteiger partial charge in [-0.1, -0.05) is 19.9 Å². The predicted octanol–water partition coefficient (Wildman–Crippen LogP) is 2.88. The second-order valence-corrected chi connectivity index (χ2v) is 4.33. The Bertz CT molecular complexity index is 593. The molecule has 1 aromatic carbocycles. The van der Waals surface area contributed by atoms with Crippen LogP contribution in [0.1, 0.15) is 31.2 Å². The summed E-state index contributed by atoms with van der Waals surface area (Å²) >= 11 is 0. The molecule has 4 nitrogen and oxygen atoms in total. The fourth-order valence-electron chi connectivity index (χ4n) is 1.81. The molecule has 4 heteroatoms. The highest BCUT2D eigenvalue weighted by molar-refractivity contribution is 5.41. The van der Waals surface area contributed by atoms with Gasteiger partial charge >= 0.3 is 0 Å². The Kier molecular flexibility index (Phi) is 3.33. The molecule has 0 radical (unpaired) electrons. The van der Waals surface area contributed by atoms with Crippen LogP contribution in [-0.2, 0) is 0 Å². The molecule has 2 rings (SSSR count). The zero-order valence-electron chi connectivity index (χ0n) is 10.7. The summed E-state index contributed by atoms with van der Waals surface area (Å²) in [7, 11) is 1.63. The van der Waals surface area contributed by atoms with Crippen molar-refractivity contribution in [2.24, 2.45) is 0 Å². The van der Waals surface area contributed by atoms with E-state index in [0.717, 1.165) is 17.1 Å². The largest absolute Gasteiger partial charge is 0.497 e. The Labute approximate surface area is 106 Å². The second kappa shape index (κ2) is 4.92. The Hall–Kier alpha value is -2.28. The lowest BCUT2D eigenvalue weighted by atomic mass is 10.1. The highest BCUT2D eigenvalue weighted by Gasteiger charge is 2.12. The van der Waals surface area contributed by atoms with Crippen LogP contribution < -0.4 is 4.74 Å². The number of aromatic nitrogens is 2. The van der Waals surface area contributed by atoms with Crippen LogP contribution in [0, 0.1) is 11.3 Å². The monoisotopic (exact) mass is 241 g/mol. The van der Waals surface area contributed by atoms with E-state index < -0.39 is 0 Å². The molecule has 0 atom stereocenters. The average Bonchev–Trinajstić information content (AvgIpc) is 2.83. The van der Waals surface area contributed by atoms with Crippen molar-refractivity contribution >= 4 is 0 Å². The highest BCUT2D eigenvalue weighted by Crippen LogP contribution is 2.22. The van der Waals surface area contributed by atoms with E-state index in [1.54, 1.807) is 11.8 Å². The summed E-state index contributed by atoms with van der Waals surface area (Å²) in [5.41, 5.74) is 2.35. The summed E-state index contributed by atoms with van der Waals surface area (Å²) in [6.45, 7) is 4.16. The normalized spacial score (nSPS) is 10.4. The van der Waals surface area contributed by atoms with Crippen molar-refractivity contribution in [2.45, 2.75) is 19.8 Å². The molecule has 0 saturated carbocycles. The van der Waals surface area contributed by atoms with Gasteiger partial charge in [0, 0.05) is 11.8 Å². The van der Waals surface area contributed by atoms with E-state index >= 15 is 0 Å². The molecule has 0 saturated heterocycles. The van der Waals surface area contributed by atoms with Gasteiger partial charge in [-0.05, 0) is 24.1 Å². The van der Waals surface area contributed by atoms with Gasteiger partial charge in [0.25, 0.3) is 0 Å². The van der Waals surface area contributed by atoms with Gasteiger partial charge in [-0.15, -0.1) is 0 Å². The van der Waals surface area contributed by atoms with Crippen LogP contribution in [0.4, 0.5) is 0 Å². The zero-order valence-corrected chi connectivity index (χ0v) is 10.7. The van der Waals surface area contributed by atoms with E-state index in [9.17, 15) is 0 Å². The van der Waals surface area contributed by atoms with Gasteiger partial charge in [0.05, 0.1) is 12.8 Å². The van der Waals surface area contributed by atoms with Crippen LogP contribution in [0.3, 0.4) is 0 Å². The number of ether oxygens (including phenoxy) is 1. The standard InChI is InChI=1S/C14H15N3O/c1-10(2)14-7-11(9-15)16-17(14)12-5-4-6-13(8-12)18-3/h4-8,10H,1-3H3. The third-order valence-corrected chi connectivity index (χ3v) is 2.74. The molecule has 0 aliphatic carbocycles. The van der Waals surface area contributed by atoms with Crippen molar-refractivity contribution in [1.29, 1.82) is 5.26 Å². The minimum Gasteiger partial charge on any atom is -0.497 e. The first kappa shape index (κ1) is 12.2. The molecule has 92 valence electrons. The van der Waals surface area contributed by atoms with E-state index in [1.807, 2.05) is 30.3 Å². The molecule has 0 aliphatic rings. The Morgan fingerprint density at radius 2 is 2.11 bits per heavy atom. The van der Waals surface area contributed by atoms with Crippen molar-refractivity contribution in [3.63, 3.8) is 0 Å². The lowest BCUT2D eigenvalue weighted by Crippen LogP contribution is -2.03. The quantitative estimate of drug-likeness (QED) is 0.830. The predicted molar refractivity (Wildman–Crippen MR) is 68.9 cm³/mol. The van der Waals surface area contributed by atoms with Gasteiger partial charge in [0.15, 0.2) is 5.69 Å². The minimum atomic E-state index is 0.297. The number of benzene rings is 1. The number of hydrogen-bond donors (Lipinski definition) is 0. The lowest BCUT2D eigenvalue weighted by Gasteiger charge is -2.10. The summed E-state index contributed by atoms with van der Waals surface area (Å²) in [6.07, 6.45) is 0. The summed E-state index contributed by atoms with van der Waals surface area (Å²) in [4.78, 5) is 0. The number of methoxy groups -OCH3 is 1. The number of hydrogen-bond acceptors (Lipinski definition) is 3. The number of rotatable bonds is 3. The first-order valence-electron chi connectivity index (χ1n) is 5.80. The third kappa shape index (κ3) is 2.21. The highest BCUT2D eigenvalue weighted by atomic mass is 16.5. The van der Waals surface area contributed by atoms with Crippen molar-refractivity contribution in [1.82, 2.24) is 9.78 Å². The summed E-state index contributed by atoms with van der Waals surface area (Å²) < 4.78 is 7.00. The molecule has 1 aromatic heterocycles. The average molecular weight is 241 g/mol.